The van der Waals surface area contributed by atoms with Gasteiger partial charge in [-0.25, -0.2) is 4.79 Å². The Morgan fingerprint density at radius 2 is 2.13 bits per heavy atom. The predicted octanol–water partition coefficient (Wildman–Crippen LogP) is 0.180. The normalized spacial score (nSPS) is 12.1. The second kappa shape index (κ2) is 9.64. The molecule has 0 bridgehead atoms. The lowest BCUT2D eigenvalue weighted by atomic mass is 10.3. The average molecular weight is 217 g/mol. The van der Waals surface area contributed by atoms with Gasteiger partial charge in [0.05, 0.1) is 6.61 Å². The van der Waals surface area contributed by atoms with Crippen LogP contribution < -0.4 is 5.73 Å². The van der Waals surface area contributed by atoms with Gasteiger partial charge in [0.2, 0.25) is 0 Å². The molecule has 88 valence electrons. The zero-order valence-electron chi connectivity index (χ0n) is 8.85. The zero-order valence-corrected chi connectivity index (χ0v) is 8.85. The molecule has 0 heterocycles. The van der Waals surface area contributed by atoms with E-state index in [-0.39, 0.29) is 0 Å². The summed E-state index contributed by atoms with van der Waals surface area (Å²) in [5.41, 5.74) is 5.22. The molecule has 0 radical (unpaired) electrons. The van der Waals surface area contributed by atoms with E-state index in [1.165, 1.54) is 0 Å². The van der Waals surface area contributed by atoms with Crippen molar-refractivity contribution >= 4 is 5.97 Å². The summed E-state index contributed by atoms with van der Waals surface area (Å²) in [6.45, 7) is 4.46. The zero-order chi connectivity index (χ0) is 11.5. The van der Waals surface area contributed by atoms with Gasteiger partial charge < -0.3 is 20.3 Å². The first-order valence-corrected chi connectivity index (χ1v) is 4.99. The van der Waals surface area contributed by atoms with Crippen LogP contribution in [0, 0.1) is 0 Å². The van der Waals surface area contributed by atoms with Crippen LogP contribution in [-0.4, -0.2) is 37.1 Å². The van der Waals surface area contributed by atoms with Crippen molar-refractivity contribution in [3.05, 3.63) is 12.7 Å². The number of esters is 1. The summed E-state index contributed by atoms with van der Waals surface area (Å²) in [7, 11) is 0. The molecule has 0 unspecified atom stereocenters. The number of hydrogen-bond donors (Lipinski definition) is 2. The third-order valence-corrected chi connectivity index (χ3v) is 1.67. The Morgan fingerprint density at radius 1 is 1.47 bits per heavy atom. The lowest BCUT2D eigenvalue weighted by molar-refractivity contribution is -0.138. The minimum absolute atomic E-state index is 0.348. The van der Waals surface area contributed by atoms with E-state index >= 15 is 0 Å². The summed E-state index contributed by atoms with van der Waals surface area (Å²) in [6, 6.07) is 0. The van der Waals surface area contributed by atoms with E-state index in [1.54, 1.807) is 0 Å². The van der Waals surface area contributed by atoms with E-state index in [0.29, 0.717) is 32.6 Å². The smallest absolute Gasteiger partial charge is 0.330 e. The fourth-order valence-electron chi connectivity index (χ4n) is 0.881. The van der Waals surface area contributed by atoms with E-state index < -0.39 is 12.3 Å². The topological polar surface area (TPSA) is 81.8 Å². The van der Waals surface area contributed by atoms with E-state index in [2.05, 4.69) is 6.58 Å². The van der Waals surface area contributed by atoms with Gasteiger partial charge in [-0.15, -0.1) is 0 Å². The Hall–Kier alpha value is -0.910. The molecular formula is C10H19NO4. The van der Waals surface area contributed by atoms with Crippen LogP contribution in [0.2, 0.25) is 0 Å². The Bertz CT molecular complexity index is 184. The third kappa shape index (κ3) is 9.40. The summed E-state index contributed by atoms with van der Waals surface area (Å²) in [4.78, 5) is 10.6. The fourth-order valence-corrected chi connectivity index (χ4v) is 0.881. The van der Waals surface area contributed by atoms with Crippen LogP contribution in [0.4, 0.5) is 0 Å². The SMILES string of the molecule is C=CC(=O)OCCCCO[C@@H](O)CCN. The van der Waals surface area contributed by atoms with Gasteiger partial charge in [-0.1, -0.05) is 6.58 Å². The van der Waals surface area contributed by atoms with Gasteiger partial charge in [-0.3, -0.25) is 0 Å². The lowest BCUT2D eigenvalue weighted by Crippen LogP contribution is -2.17. The van der Waals surface area contributed by atoms with Gasteiger partial charge >= 0.3 is 5.97 Å². The van der Waals surface area contributed by atoms with Crippen molar-refractivity contribution in [3.63, 3.8) is 0 Å². The maximum absolute atomic E-state index is 10.6. The number of ether oxygens (including phenoxy) is 2. The summed E-state index contributed by atoms with van der Waals surface area (Å²) >= 11 is 0. The van der Waals surface area contributed by atoms with Gasteiger partial charge in [0, 0.05) is 19.1 Å². The summed E-state index contributed by atoms with van der Waals surface area (Å²) in [5.74, 6) is -0.418. The Balaban J connectivity index is 3.17. The molecule has 0 saturated heterocycles. The second-order valence-electron chi connectivity index (χ2n) is 2.98. The molecule has 0 aliphatic carbocycles. The molecule has 0 aromatic rings. The molecule has 0 saturated carbocycles. The quantitative estimate of drug-likeness (QED) is 0.249. The lowest BCUT2D eigenvalue weighted by Gasteiger charge is -2.10. The molecule has 0 aliphatic rings. The van der Waals surface area contributed by atoms with Crippen LogP contribution in [-0.2, 0) is 14.3 Å². The average Bonchev–Trinajstić information content (AvgIpc) is 2.23. The minimum Gasteiger partial charge on any atom is -0.463 e. The number of aliphatic hydroxyl groups excluding tert-OH is 1. The number of rotatable bonds is 9. The van der Waals surface area contributed by atoms with E-state index in [1.807, 2.05) is 0 Å². The van der Waals surface area contributed by atoms with Crippen LogP contribution in [0.1, 0.15) is 19.3 Å². The number of unbranched alkanes of at least 4 members (excludes halogenated alkanes) is 1. The number of carbonyl (C=O) groups is 1. The Morgan fingerprint density at radius 3 is 2.73 bits per heavy atom. The van der Waals surface area contributed by atoms with Gasteiger partial charge in [-0.2, -0.15) is 0 Å². The van der Waals surface area contributed by atoms with Crippen molar-refractivity contribution in [2.45, 2.75) is 25.6 Å². The van der Waals surface area contributed by atoms with E-state index in [0.717, 1.165) is 12.5 Å². The maximum atomic E-state index is 10.6. The predicted molar refractivity (Wildman–Crippen MR) is 56.0 cm³/mol. The van der Waals surface area contributed by atoms with Crippen LogP contribution in [0.3, 0.4) is 0 Å². The molecule has 0 aliphatic heterocycles. The van der Waals surface area contributed by atoms with Crippen molar-refractivity contribution in [1.29, 1.82) is 0 Å². The van der Waals surface area contributed by atoms with Crippen LogP contribution >= 0.6 is 0 Å². The molecule has 0 aromatic heterocycles. The highest BCUT2D eigenvalue weighted by Gasteiger charge is 2.01. The Labute approximate surface area is 89.9 Å². The molecule has 0 amide bonds. The van der Waals surface area contributed by atoms with Crippen LogP contribution in [0.15, 0.2) is 12.7 Å². The van der Waals surface area contributed by atoms with Crippen molar-refractivity contribution in [3.8, 4) is 0 Å². The number of carbonyl (C=O) groups excluding carboxylic acids is 1. The third-order valence-electron chi connectivity index (χ3n) is 1.67. The molecule has 0 fully saturated rings. The fraction of sp³-hybridized carbons (Fsp3) is 0.700. The van der Waals surface area contributed by atoms with Gasteiger partial charge in [0.25, 0.3) is 0 Å². The number of nitrogens with two attached hydrogens (primary N) is 1. The second-order valence-corrected chi connectivity index (χ2v) is 2.98. The Kier molecular flexibility index (Phi) is 9.05. The molecule has 1 atom stereocenters. The van der Waals surface area contributed by atoms with Gasteiger partial charge in [-0.05, 0) is 19.4 Å². The first kappa shape index (κ1) is 14.1. The molecule has 0 rings (SSSR count). The first-order chi connectivity index (χ1) is 7.20. The van der Waals surface area contributed by atoms with Gasteiger partial charge in [0.15, 0.2) is 6.29 Å². The van der Waals surface area contributed by atoms with Crippen molar-refractivity contribution in [2.24, 2.45) is 5.73 Å². The van der Waals surface area contributed by atoms with Crippen molar-refractivity contribution < 1.29 is 19.4 Å². The standard InChI is InChI=1S/C10H19NO4/c1-2-9(12)14-7-3-4-8-15-10(13)5-6-11/h2,10,13H,1,3-8,11H2/t10-/m1/s1. The van der Waals surface area contributed by atoms with Gasteiger partial charge in [0.1, 0.15) is 0 Å². The highest BCUT2D eigenvalue weighted by atomic mass is 16.6. The highest BCUT2D eigenvalue weighted by molar-refractivity contribution is 5.81. The van der Waals surface area contributed by atoms with Crippen molar-refractivity contribution in [2.75, 3.05) is 19.8 Å². The molecule has 0 aromatic carbocycles. The minimum atomic E-state index is -0.786. The van der Waals surface area contributed by atoms with Crippen molar-refractivity contribution in [1.82, 2.24) is 0 Å². The molecule has 3 N–H and O–H groups in total. The van der Waals surface area contributed by atoms with E-state index in [4.69, 9.17) is 20.3 Å². The molecule has 5 nitrogen and oxygen atoms in total. The monoisotopic (exact) mass is 217 g/mol. The molecular weight excluding hydrogens is 198 g/mol. The number of aliphatic hydroxyl groups is 1. The first-order valence-electron chi connectivity index (χ1n) is 4.99. The summed E-state index contributed by atoms with van der Waals surface area (Å²) in [5, 5.41) is 9.13. The molecule has 15 heavy (non-hydrogen) atoms. The summed E-state index contributed by atoms with van der Waals surface area (Å²) < 4.78 is 9.78. The number of hydrogen-bond acceptors (Lipinski definition) is 5. The van der Waals surface area contributed by atoms with E-state index in [9.17, 15) is 4.79 Å². The van der Waals surface area contributed by atoms with Crippen LogP contribution in [0.25, 0.3) is 0 Å². The maximum Gasteiger partial charge on any atom is 0.330 e. The summed E-state index contributed by atoms with van der Waals surface area (Å²) in [6.07, 6.45) is 2.21. The van der Waals surface area contributed by atoms with Crippen LogP contribution in [0.5, 0.6) is 0 Å². The largest absolute Gasteiger partial charge is 0.463 e. The molecule has 0 spiro atoms. The molecule has 5 heteroatoms. The highest BCUT2D eigenvalue weighted by Crippen LogP contribution is 1.97.